The number of carbonyl (C=O) groups excluding carboxylic acids is 1. The molecule has 0 bridgehead atoms. The highest BCUT2D eigenvalue weighted by Gasteiger charge is 2.26. The number of carbonyl (C=O) groups is 1. The fourth-order valence-corrected chi connectivity index (χ4v) is 3.10. The smallest absolute Gasteiger partial charge is 0.325 e. The van der Waals surface area contributed by atoms with E-state index in [0.29, 0.717) is 6.54 Å². The van der Waals surface area contributed by atoms with Gasteiger partial charge in [-0.2, -0.15) is 0 Å². The van der Waals surface area contributed by atoms with Crippen LogP contribution in [0.3, 0.4) is 0 Å². The standard InChI is InChI=1S/C13H16N4OS/c1-8-7-17(13(14)18)19-12(8)10-4-5-15-11(16-10)6-9-2-3-9/h4-5,9H,2-3,6-7H2,1H3,(H2,14,18). The maximum Gasteiger partial charge on any atom is 0.325 e. The molecule has 19 heavy (non-hydrogen) atoms. The van der Waals surface area contributed by atoms with Crippen LogP contribution in [0.2, 0.25) is 0 Å². The minimum Gasteiger partial charge on any atom is -0.351 e. The number of nitrogens with zero attached hydrogens (tertiary/aromatic N) is 3. The lowest BCUT2D eigenvalue weighted by molar-refractivity contribution is 0.237. The molecule has 0 aromatic carbocycles. The van der Waals surface area contributed by atoms with E-state index < -0.39 is 6.03 Å². The van der Waals surface area contributed by atoms with Gasteiger partial charge in [-0.15, -0.1) is 0 Å². The van der Waals surface area contributed by atoms with Crippen molar-refractivity contribution in [3.63, 3.8) is 0 Å². The monoisotopic (exact) mass is 276 g/mol. The van der Waals surface area contributed by atoms with Gasteiger partial charge in [-0.25, -0.2) is 14.8 Å². The van der Waals surface area contributed by atoms with E-state index in [1.807, 2.05) is 13.0 Å². The normalized spacial score (nSPS) is 19.1. The Morgan fingerprint density at radius 2 is 2.37 bits per heavy atom. The summed E-state index contributed by atoms with van der Waals surface area (Å²) in [5.74, 6) is 1.67. The molecule has 1 aromatic rings. The summed E-state index contributed by atoms with van der Waals surface area (Å²) in [5, 5.41) is 0. The Kier molecular flexibility index (Phi) is 3.18. The van der Waals surface area contributed by atoms with Crippen LogP contribution in [-0.4, -0.2) is 26.8 Å². The lowest BCUT2D eigenvalue weighted by Crippen LogP contribution is -2.28. The molecule has 2 heterocycles. The van der Waals surface area contributed by atoms with Crippen LogP contribution in [-0.2, 0) is 6.42 Å². The minimum atomic E-state index is -0.411. The first-order chi connectivity index (χ1) is 9.13. The van der Waals surface area contributed by atoms with Crippen LogP contribution >= 0.6 is 11.9 Å². The SMILES string of the molecule is CC1=C(c2ccnc(CC3CC3)n2)SN(C(N)=O)C1. The van der Waals surface area contributed by atoms with Crippen molar-refractivity contribution >= 4 is 22.9 Å². The first-order valence-corrected chi connectivity index (χ1v) is 7.18. The molecule has 1 aliphatic heterocycles. The summed E-state index contributed by atoms with van der Waals surface area (Å²) in [7, 11) is 0. The second kappa shape index (κ2) is 4.85. The van der Waals surface area contributed by atoms with Gasteiger partial charge in [-0.05, 0) is 49.3 Å². The van der Waals surface area contributed by atoms with Crippen molar-refractivity contribution in [2.45, 2.75) is 26.2 Å². The van der Waals surface area contributed by atoms with Crippen LogP contribution in [0.4, 0.5) is 4.79 Å². The van der Waals surface area contributed by atoms with E-state index in [0.717, 1.165) is 34.3 Å². The summed E-state index contributed by atoms with van der Waals surface area (Å²) in [6.45, 7) is 2.57. The third-order valence-corrected chi connectivity index (χ3v) is 4.59. The van der Waals surface area contributed by atoms with Crippen molar-refractivity contribution in [3.8, 4) is 0 Å². The minimum absolute atomic E-state index is 0.411. The number of rotatable bonds is 3. The van der Waals surface area contributed by atoms with Gasteiger partial charge >= 0.3 is 6.03 Å². The Bertz CT molecular complexity index is 553. The van der Waals surface area contributed by atoms with Crippen molar-refractivity contribution < 1.29 is 4.79 Å². The molecule has 2 amide bonds. The van der Waals surface area contributed by atoms with Gasteiger partial charge in [0.05, 0.1) is 17.1 Å². The van der Waals surface area contributed by atoms with E-state index >= 15 is 0 Å². The van der Waals surface area contributed by atoms with Crippen LogP contribution in [0.5, 0.6) is 0 Å². The quantitative estimate of drug-likeness (QED) is 0.859. The Hall–Kier alpha value is -1.56. The van der Waals surface area contributed by atoms with Gasteiger partial charge in [-0.3, -0.25) is 4.31 Å². The number of urea groups is 1. The van der Waals surface area contributed by atoms with Crippen molar-refractivity contribution in [1.29, 1.82) is 0 Å². The molecule has 2 N–H and O–H groups in total. The van der Waals surface area contributed by atoms with Gasteiger partial charge in [0, 0.05) is 12.6 Å². The number of nitrogens with two attached hydrogens (primary N) is 1. The van der Waals surface area contributed by atoms with Crippen molar-refractivity contribution in [2.24, 2.45) is 11.7 Å². The molecule has 1 fully saturated rings. The predicted octanol–water partition coefficient (Wildman–Crippen LogP) is 2.20. The van der Waals surface area contributed by atoms with Crippen LogP contribution in [0.15, 0.2) is 17.8 Å². The molecule has 1 aromatic heterocycles. The molecule has 1 aliphatic carbocycles. The van der Waals surface area contributed by atoms with Gasteiger partial charge in [0.25, 0.3) is 0 Å². The van der Waals surface area contributed by atoms with Crippen molar-refractivity contribution in [1.82, 2.24) is 14.3 Å². The second-order valence-corrected chi connectivity index (χ2v) is 6.11. The topological polar surface area (TPSA) is 72.1 Å². The first kappa shape index (κ1) is 12.5. The highest BCUT2D eigenvalue weighted by Crippen LogP contribution is 2.39. The number of primary amides is 1. The first-order valence-electron chi connectivity index (χ1n) is 6.40. The van der Waals surface area contributed by atoms with E-state index in [1.165, 1.54) is 24.8 Å². The average molecular weight is 276 g/mol. The molecule has 3 rings (SSSR count). The molecule has 0 saturated heterocycles. The van der Waals surface area contributed by atoms with E-state index in [1.54, 1.807) is 10.5 Å². The van der Waals surface area contributed by atoms with E-state index in [4.69, 9.17) is 5.73 Å². The summed E-state index contributed by atoms with van der Waals surface area (Å²) in [6.07, 6.45) is 5.34. The van der Waals surface area contributed by atoms with Crippen molar-refractivity contribution in [2.75, 3.05) is 6.54 Å². The van der Waals surface area contributed by atoms with Gasteiger partial charge < -0.3 is 5.73 Å². The van der Waals surface area contributed by atoms with Gasteiger partial charge in [0.1, 0.15) is 5.82 Å². The summed E-state index contributed by atoms with van der Waals surface area (Å²) in [6, 6.07) is 1.49. The highest BCUT2D eigenvalue weighted by molar-refractivity contribution is 8.06. The van der Waals surface area contributed by atoms with Gasteiger partial charge in [0.15, 0.2) is 0 Å². The molecule has 6 heteroatoms. The van der Waals surface area contributed by atoms with Crippen molar-refractivity contribution in [3.05, 3.63) is 29.4 Å². The molecule has 1 saturated carbocycles. The third-order valence-electron chi connectivity index (χ3n) is 3.32. The number of hydrogen-bond donors (Lipinski definition) is 1. The summed E-state index contributed by atoms with van der Waals surface area (Å²) >= 11 is 1.37. The zero-order valence-electron chi connectivity index (χ0n) is 10.8. The largest absolute Gasteiger partial charge is 0.351 e. The van der Waals surface area contributed by atoms with E-state index in [2.05, 4.69) is 9.97 Å². The third kappa shape index (κ3) is 2.73. The van der Waals surface area contributed by atoms with Gasteiger partial charge in [-0.1, -0.05) is 0 Å². The highest BCUT2D eigenvalue weighted by atomic mass is 32.2. The summed E-state index contributed by atoms with van der Waals surface area (Å²) in [4.78, 5) is 21.2. The molecule has 100 valence electrons. The summed E-state index contributed by atoms with van der Waals surface area (Å²) in [5.41, 5.74) is 7.34. The second-order valence-electron chi connectivity index (χ2n) is 5.08. The maximum absolute atomic E-state index is 11.2. The Morgan fingerprint density at radius 3 is 3.00 bits per heavy atom. The number of aromatic nitrogens is 2. The average Bonchev–Trinajstić information content (AvgIpc) is 3.09. The van der Waals surface area contributed by atoms with Crippen LogP contribution in [0, 0.1) is 5.92 Å². The molecule has 0 unspecified atom stereocenters. The summed E-state index contributed by atoms with van der Waals surface area (Å²) < 4.78 is 1.55. The Morgan fingerprint density at radius 1 is 1.58 bits per heavy atom. The number of amides is 2. The lowest BCUT2D eigenvalue weighted by atomic mass is 10.2. The van der Waals surface area contributed by atoms with E-state index in [9.17, 15) is 4.79 Å². The molecule has 0 radical (unpaired) electrons. The van der Waals surface area contributed by atoms with E-state index in [-0.39, 0.29) is 0 Å². The predicted molar refractivity (Wildman–Crippen MR) is 74.9 cm³/mol. The van der Waals surface area contributed by atoms with Crippen LogP contribution in [0.1, 0.15) is 31.3 Å². The molecule has 0 atom stereocenters. The van der Waals surface area contributed by atoms with Gasteiger partial charge in [0.2, 0.25) is 0 Å². The van der Waals surface area contributed by atoms with Crippen LogP contribution in [0.25, 0.3) is 4.91 Å². The lowest BCUT2D eigenvalue weighted by Gasteiger charge is -2.10. The molecular weight excluding hydrogens is 260 g/mol. The molecule has 5 nitrogen and oxygen atoms in total. The Labute approximate surface area is 116 Å². The van der Waals surface area contributed by atoms with Crippen LogP contribution < -0.4 is 5.73 Å². The molecular formula is C13H16N4OS. The zero-order valence-corrected chi connectivity index (χ0v) is 11.6. The fraction of sp³-hybridized carbons (Fsp3) is 0.462. The maximum atomic E-state index is 11.2. The molecule has 2 aliphatic rings. The Balaban J connectivity index is 1.81. The number of hydrogen-bond acceptors (Lipinski definition) is 4. The molecule has 0 spiro atoms. The zero-order chi connectivity index (χ0) is 13.4. The fourth-order valence-electron chi connectivity index (χ4n) is 2.10.